The number of phenols is 1. The molecular formula is C19H21ClN2O3S. The number of carbonyl (C=O) groups excluding carboxylic acids is 1. The SMILES string of the molecule is COc1ccccc1C(=O)NC(=S)Nc1cc(C(C)(C)C)cc(Cl)c1O. The lowest BCUT2D eigenvalue weighted by Crippen LogP contribution is -2.34. The number of carbonyl (C=O) groups is 1. The molecule has 0 fully saturated rings. The number of benzene rings is 2. The van der Waals surface area contributed by atoms with Crippen LogP contribution >= 0.6 is 23.8 Å². The Morgan fingerprint density at radius 1 is 1.23 bits per heavy atom. The lowest BCUT2D eigenvalue weighted by Gasteiger charge is -2.21. The van der Waals surface area contributed by atoms with E-state index in [4.69, 9.17) is 28.6 Å². The molecule has 3 N–H and O–H groups in total. The first-order valence-corrected chi connectivity index (χ1v) is 8.70. The molecule has 0 unspecified atom stereocenters. The van der Waals surface area contributed by atoms with Crippen LogP contribution in [-0.2, 0) is 5.41 Å². The van der Waals surface area contributed by atoms with Crippen LogP contribution < -0.4 is 15.4 Å². The van der Waals surface area contributed by atoms with Gasteiger partial charge in [0.05, 0.1) is 23.4 Å². The van der Waals surface area contributed by atoms with E-state index in [1.54, 1.807) is 36.4 Å². The summed E-state index contributed by atoms with van der Waals surface area (Å²) in [7, 11) is 1.49. The topological polar surface area (TPSA) is 70.6 Å². The molecule has 2 aromatic rings. The molecule has 0 aliphatic heterocycles. The van der Waals surface area contributed by atoms with Crippen molar-refractivity contribution in [3.63, 3.8) is 0 Å². The second kappa shape index (κ2) is 7.93. The lowest BCUT2D eigenvalue weighted by molar-refractivity contribution is 0.0974. The van der Waals surface area contributed by atoms with Crippen LogP contribution in [0.5, 0.6) is 11.5 Å². The number of hydrogen-bond acceptors (Lipinski definition) is 4. The highest BCUT2D eigenvalue weighted by molar-refractivity contribution is 7.80. The number of hydrogen-bond donors (Lipinski definition) is 3. The lowest BCUT2D eigenvalue weighted by atomic mass is 9.87. The molecular weight excluding hydrogens is 372 g/mol. The third-order valence-electron chi connectivity index (χ3n) is 3.76. The Hall–Kier alpha value is -2.31. The first kappa shape index (κ1) is 20.0. The van der Waals surface area contributed by atoms with E-state index in [-0.39, 0.29) is 21.3 Å². The minimum atomic E-state index is -0.419. The normalized spacial score (nSPS) is 11.0. The number of amides is 1. The zero-order valence-electron chi connectivity index (χ0n) is 15.0. The molecule has 2 aromatic carbocycles. The van der Waals surface area contributed by atoms with Gasteiger partial charge in [-0.15, -0.1) is 0 Å². The number of rotatable bonds is 3. The predicted octanol–water partition coefficient (Wildman–Crippen LogP) is 4.48. The second-order valence-electron chi connectivity index (χ2n) is 6.71. The Balaban J connectivity index is 2.20. The van der Waals surface area contributed by atoms with Gasteiger partial charge < -0.3 is 15.2 Å². The van der Waals surface area contributed by atoms with E-state index in [0.29, 0.717) is 17.0 Å². The summed E-state index contributed by atoms with van der Waals surface area (Å²) in [6, 6.07) is 10.3. The van der Waals surface area contributed by atoms with Crippen LogP contribution in [0.3, 0.4) is 0 Å². The average molecular weight is 393 g/mol. The summed E-state index contributed by atoms with van der Waals surface area (Å²) >= 11 is 11.3. The van der Waals surface area contributed by atoms with E-state index in [0.717, 1.165) is 5.56 Å². The number of anilines is 1. The van der Waals surface area contributed by atoms with Crippen molar-refractivity contribution in [2.75, 3.05) is 12.4 Å². The molecule has 138 valence electrons. The van der Waals surface area contributed by atoms with Crippen molar-refractivity contribution < 1.29 is 14.6 Å². The monoisotopic (exact) mass is 392 g/mol. The van der Waals surface area contributed by atoms with Crippen LogP contribution in [0.4, 0.5) is 5.69 Å². The predicted molar refractivity (Wildman–Crippen MR) is 108 cm³/mol. The van der Waals surface area contributed by atoms with Crippen molar-refractivity contribution in [1.29, 1.82) is 0 Å². The summed E-state index contributed by atoms with van der Waals surface area (Å²) in [6.45, 7) is 6.09. The number of nitrogens with one attached hydrogen (secondary N) is 2. The van der Waals surface area contributed by atoms with Gasteiger partial charge in [0, 0.05) is 0 Å². The Morgan fingerprint density at radius 2 is 1.88 bits per heavy atom. The average Bonchev–Trinajstić information content (AvgIpc) is 2.57. The van der Waals surface area contributed by atoms with Gasteiger partial charge in [0.1, 0.15) is 5.75 Å². The molecule has 2 rings (SSSR count). The van der Waals surface area contributed by atoms with Crippen molar-refractivity contribution in [2.45, 2.75) is 26.2 Å². The van der Waals surface area contributed by atoms with Crippen LogP contribution in [-0.4, -0.2) is 23.2 Å². The fraction of sp³-hybridized carbons (Fsp3) is 0.263. The summed E-state index contributed by atoms with van der Waals surface area (Å²) in [5.74, 6) is -0.112. The van der Waals surface area contributed by atoms with E-state index in [9.17, 15) is 9.90 Å². The summed E-state index contributed by atoms with van der Waals surface area (Å²) in [4.78, 5) is 12.4. The van der Waals surface area contributed by atoms with E-state index >= 15 is 0 Å². The van der Waals surface area contributed by atoms with Crippen molar-refractivity contribution in [1.82, 2.24) is 5.32 Å². The summed E-state index contributed by atoms with van der Waals surface area (Å²) in [6.07, 6.45) is 0. The maximum absolute atomic E-state index is 12.4. The molecule has 7 heteroatoms. The minimum absolute atomic E-state index is 0.0401. The quantitative estimate of drug-likeness (QED) is 0.530. The van der Waals surface area contributed by atoms with Gasteiger partial charge in [-0.1, -0.05) is 44.5 Å². The number of thiocarbonyl (C=S) groups is 1. The molecule has 0 heterocycles. The fourth-order valence-corrected chi connectivity index (χ4v) is 2.71. The molecule has 0 aliphatic carbocycles. The van der Waals surface area contributed by atoms with E-state index in [1.165, 1.54) is 7.11 Å². The summed E-state index contributed by atoms with van der Waals surface area (Å²) in [5.41, 5.74) is 1.43. The molecule has 0 saturated carbocycles. The fourth-order valence-electron chi connectivity index (χ4n) is 2.28. The minimum Gasteiger partial charge on any atom is -0.504 e. The van der Waals surface area contributed by atoms with E-state index < -0.39 is 5.91 Å². The second-order valence-corrected chi connectivity index (χ2v) is 7.53. The van der Waals surface area contributed by atoms with E-state index in [1.807, 2.05) is 20.8 Å². The Morgan fingerprint density at radius 3 is 2.50 bits per heavy atom. The first-order chi connectivity index (χ1) is 12.1. The van der Waals surface area contributed by atoms with Gasteiger partial charge in [-0.25, -0.2) is 0 Å². The maximum Gasteiger partial charge on any atom is 0.261 e. The first-order valence-electron chi connectivity index (χ1n) is 7.92. The molecule has 0 radical (unpaired) electrons. The Kier molecular flexibility index (Phi) is 6.10. The number of para-hydroxylation sites is 1. The molecule has 0 atom stereocenters. The summed E-state index contributed by atoms with van der Waals surface area (Å²) in [5, 5.41) is 15.8. The van der Waals surface area contributed by atoms with Crippen LogP contribution in [0.1, 0.15) is 36.7 Å². The van der Waals surface area contributed by atoms with Crippen molar-refractivity contribution in [3.05, 3.63) is 52.5 Å². The van der Waals surface area contributed by atoms with Crippen LogP contribution in [0.15, 0.2) is 36.4 Å². The standard InChI is InChI=1S/C19H21ClN2O3S/c1-19(2,3)11-9-13(20)16(23)14(10-11)21-18(26)22-17(24)12-7-5-6-8-15(12)25-4/h5-10,23H,1-4H3,(H2,21,22,24,26). The van der Waals surface area contributed by atoms with Gasteiger partial charge in [0.25, 0.3) is 5.91 Å². The van der Waals surface area contributed by atoms with Gasteiger partial charge in [-0.2, -0.15) is 0 Å². The zero-order valence-corrected chi connectivity index (χ0v) is 16.6. The highest BCUT2D eigenvalue weighted by atomic mass is 35.5. The van der Waals surface area contributed by atoms with Crippen LogP contribution in [0.25, 0.3) is 0 Å². The largest absolute Gasteiger partial charge is 0.504 e. The van der Waals surface area contributed by atoms with Crippen LogP contribution in [0.2, 0.25) is 5.02 Å². The van der Waals surface area contributed by atoms with Gasteiger partial charge in [-0.05, 0) is 47.5 Å². The number of methoxy groups -OCH3 is 1. The van der Waals surface area contributed by atoms with Gasteiger partial charge in [0.2, 0.25) is 0 Å². The smallest absolute Gasteiger partial charge is 0.261 e. The molecule has 0 aromatic heterocycles. The Bertz CT molecular complexity index is 847. The van der Waals surface area contributed by atoms with Crippen LogP contribution in [0, 0.1) is 0 Å². The molecule has 0 bridgehead atoms. The molecule has 5 nitrogen and oxygen atoms in total. The number of aromatic hydroxyl groups is 1. The molecule has 0 saturated heterocycles. The molecule has 0 spiro atoms. The van der Waals surface area contributed by atoms with Crippen molar-refractivity contribution >= 4 is 40.5 Å². The maximum atomic E-state index is 12.4. The zero-order chi connectivity index (χ0) is 19.5. The molecule has 0 aliphatic rings. The number of halogens is 1. The highest BCUT2D eigenvalue weighted by Crippen LogP contribution is 2.37. The van der Waals surface area contributed by atoms with Crippen molar-refractivity contribution in [2.24, 2.45) is 0 Å². The number of phenolic OH excluding ortho intramolecular Hbond substituents is 1. The highest BCUT2D eigenvalue weighted by Gasteiger charge is 2.19. The van der Waals surface area contributed by atoms with E-state index in [2.05, 4.69) is 10.6 Å². The number of ether oxygens (including phenoxy) is 1. The molecule has 26 heavy (non-hydrogen) atoms. The van der Waals surface area contributed by atoms with Gasteiger partial charge >= 0.3 is 0 Å². The molecule has 1 amide bonds. The third-order valence-corrected chi connectivity index (χ3v) is 4.25. The van der Waals surface area contributed by atoms with Crippen molar-refractivity contribution in [3.8, 4) is 11.5 Å². The summed E-state index contributed by atoms with van der Waals surface area (Å²) < 4.78 is 5.17. The third kappa shape index (κ3) is 4.65. The van der Waals surface area contributed by atoms with Gasteiger partial charge in [-0.3, -0.25) is 10.1 Å². The Labute approximate surface area is 163 Å². The van der Waals surface area contributed by atoms with Gasteiger partial charge in [0.15, 0.2) is 10.9 Å².